The SMILES string of the molecule is O=C([O-])C(F)(F)F.c1ccc(C[NH+]2CCCNCC2)nc1. The molecule has 1 unspecified atom stereocenters. The second-order valence-corrected chi connectivity index (χ2v) is 4.64. The molecule has 0 radical (unpaired) electrons. The second kappa shape index (κ2) is 8.58. The lowest BCUT2D eigenvalue weighted by molar-refractivity contribution is -0.911. The molecule has 0 bridgehead atoms. The third-order valence-electron chi connectivity index (χ3n) is 2.93. The Morgan fingerprint density at radius 3 is 2.62 bits per heavy atom. The van der Waals surface area contributed by atoms with Crippen molar-refractivity contribution in [2.45, 2.75) is 19.1 Å². The van der Waals surface area contributed by atoms with Crippen molar-refractivity contribution in [3.05, 3.63) is 30.1 Å². The van der Waals surface area contributed by atoms with Gasteiger partial charge in [0.25, 0.3) is 0 Å². The van der Waals surface area contributed by atoms with Crippen LogP contribution in [0.4, 0.5) is 13.2 Å². The van der Waals surface area contributed by atoms with Crippen LogP contribution in [-0.4, -0.2) is 43.3 Å². The predicted octanol–water partition coefficient (Wildman–Crippen LogP) is -1.24. The molecule has 1 aromatic heterocycles. The number of pyridine rings is 1. The third kappa shape index (κ3) is 7.62. The van der Waals surface area contributed by atoms with E-state index in [0.29, 0.717) is 0 Å². The van der Waals surface area contributed by atoms with Gasteiger partial charge in [0.15, 0.2) is 0 Å². The molecule has 1 saturated heterocycles. The molecule has 2 heterocycles. The number of hydrogen-bond acceptors (Lipinski definition) is 4. The molecule has 0 saturated carbocycles. The zero-order valence-electron chi connectivity index (χ0n) is 11.4. The van der Waals surface area contributed by atoms with Crippen LogP contribution in [0.15, 0.2) is 24.4 Å². The van der Waals surface area contributed by atoms with Gasteiger partial charge in [0.1, 0.15) is 12.5 Å². The molecule has 8 heteroatoms. The molecule has 2 N–H and O–H groups in total. The smallest absolute Gasteiger partial charge is 0.430 e. The zero-order valence-corrected chi connectivity index (χ0v) is 11.4. The van der Waals surface area contributed by atoms with Gasteiger partial charge in [-0.3, -0.25) is 4.98 Å². The van der Waals surface area contributed by atoms with Crippen molar-refractivity contribution in [2.24, 2.45) is 0 Å². The summed E-state index contributed by atoms with van der Waals surface area (Å²) in [6, 6.07) is 6.16. The molecule has 118 valence electrons. The average molecular weight is 305 g/mol. The number of carbonyl (C=O) groups is 1. The van der Waals surface area contributed by atoms with Crippen molar-refractivity contribution in [1.82, 2.24) is 10.3 Å². The summed E-state index contributed by atoms with van der Waals surface area (Å²) in [6.07, 6.45) is -2.03. The standard InChI is InChI=1S/C11H17N3.C2HF3O2/c1-2-6-13-11(4-1)10-14-8-3-5-12-7-9-14;3-2(4,5)1(6)7/h1-2,4,6,12H,3,5,7-10H2;(H,6,7). The van der Waals surface area contributed by atoms with Gasteiger partial charge < -0.3 is 20.1 Å². The highest BCUT2D eigenvalue weighted by Gasteiger charge is 2.28. The maximum Gasteiger partial charge on any atom is 0.430 e. The Morgan fingerprint density at radius 2 is 2.05 bits per heavy atom. The van der Waals surface area contributed by atoms with Crippen LogP contribution < -0.4 is 15.3 Å². The number of carboxylic acids is 1. The van der Waals surface area contributed by atoms with Crippen LogP contribution in [0.1, 0.15) is 12.1 Å². The van der Waals surface area contributed by atoms with Crippen LogP contribution in [0.25, 0.3) is 0 Å². The normalized spacial score (nSPS) is 19.1. The second-order valence-electron chi connectivity index (χ2n) is 4.64. The van der Waals surface area contributed by atoms with Crippen LogP contribution in [0.5, 0.6) is 0 Å². The van der Waals surface area contributed by atoms with E-state index in [1.807, 2.05) is 12.3 Å². The molecule has 1 atom stereocenters. The summed E-state index contributed by atoms with van der Waals surface area (Å²) in [7, 11) is 0. The lowest BCUT2D eigenvalue weighted by atomic mass is 10.3. The first kappa shape index (κ1) is 17.4. The zero-order chi connectivity index (χ0) is 15.7. The fourth-order valence-electron chi connectivity index (χ4n) is 1.91. The maximum atomic E-state index is 10.5. The van der Waals surface area contributed by atoms with Gasteiger partial charge in [-0.25, -0.2) is 0 Å². The molecule has 0 amide bonds. The van der Waals surface area contributed by atoms with Crippen molar-refractivity contribution in [3.63, 3.8) is 0 Å². The maximum absolute atomic E-state index is 10.5. The Labute approximate surface area is 120 Å². The van der Waals surface area contributed by atoms with E-state index in [9.17, 15) is 13.2 Å². The highest BCUT2D eigenvalue weighted by atomic mass is 19.4. The molecular weight excluding hydrogens is 287 g/mol. The highest BCUT2D eigenvalue weighted by molar-refractivity contribution is 5.70. The molecule has 0 spiro atoms. The Morgan fingerprint density at radius 1 is 1.33 bits per heavy atom. The van der Waals surface area contributed by atoms with Gasteiger partial charge in [0, 0.05) is 25.7 Å². The summed E-state index contributed by atoms with van der Waals surface area (Å²) in [4.78, 5) is 14.8. The van der Waals surface area contributed by atoms with Gasteiger partial charge in [0.05, 0.1) is 18.8 Å². The number of aromatic nitrogens is 1. The van der Waals surface area contributed by atoms with Crippen molar-refractivity contribution in [3.8, 4) is 0 Å². The van der Waals surface area contributed by atoms with E-state index in [-0.39, 0.29) is 0 Å². The lowest BCUT2D eigenvalue weighted by Crippen LogP contribution is -3.11. The summed E-state index contributed by atoms with van der Waals surface area (Å²) < 4.78 is 31.5. The first-order valence-corrected chi connectivity index (χ1v) is 6.62. The summed E-state index contributed by atoms with van der Waals surface area (Å²) >= 11 is 0. The number of nitrogens with zero attached hydrogens (tertiary/aromatic N) is 1. The molecule has 1 fully saturated rings. The van der Waals surface area contributed by atoms with Gasteiger partial charge in [-0.2, -0.15) is 13.2 Å². The largest absolute Gasteiger partial charge is 0.542 e. The third-order valence-corrected chi connectivity index (χ3v) is 2.93. The van der Waals surface area contributed by atoms with E-state index in [2.05, 4.69) is 22.4 Å². The fraction of sp³-hybridized carbons (Fsp3) is 0.538. The topological polar surface area (TPSA) is 69.5 Å². The molecule has 0 aliphatic carbocycles. The van der Waals surface area contributed by atoms with E-state index in [1.165, 1.54) is 31.7 Å². The van der Waals surface area contributed by atoms with Gasteiger partial charge in [-0.05, 0) is 12.1 Å². The van der Waals surface area contributed by atoms with Crippen LogP contribution in [0.3, 0.4) is 0 Å². The minimum atomic E-state index is -5.19. The summed E-state index contributed by atoms with van der Waals surface area (Å²) in [5.41, 5.74) is 1.21. The Bertz CT molecular complexity index is 418. The Kier molecular flexibility index (Phi) is 7.10. The summed E-state index contributed by atoms with van der Waals surface area (Å²) in [5, 5.41) is 12.2. The van der Waals surface area contributed by atoms with Gasteiger partial charge >= 0.3 is 6.18 Å². The van der Waals surface area contributed by atoms with Crippen molar-refractivity contribution in [1.29, 1.82) is 0 Å². The van der Waals surface area contributed by atoms with E-state index in [0.717, 1.165) is 13.1 Å². The number of aliphatic carboxylic acids is 1. The summed E-state index contributed by atoms with van der Waals surface area (Å²) in [6.45, 7) is 5.87. The number of rotatable bonds is 2. The van der Waals surface area contributed by atoms with Crippen molar-refractivity contribution >= 4 is 5.97 Å². The number of nitrogens with one attached hydrogen (secondary N) is 2. The number of halogens is 3. The quantitative estimate of drug-likeness (QED) is 0.717. The predicted molar refractivity (Wildman–Crippen MR) is 67.2 cm³/mol. The minimum Gasteiger partial charge on any atom is -0.542 e. The van der Waals surface area contributed by atoms with E-state index in [1.54, 1.807) is 4.90 Å². The van der Waals surface area contributed by atoms with Gasteiger partial charge in [-0.1, -0.05) is 6.07 Å². The first-order chi connectivity index (χ1) is 9.89. The van der Waals surface area contributed by atoms with Crippen LogP contribution in [0.2, 0.25) is 0 Å². The van der Waals surface area contributed by atoms with Crippen LogP contribution >= 0.6 is 0 Å². The van der Waals surface area contributed by atoms with E-state index >= 15 is 0 Å². The summed E-state index contributed by atoms with van der Waals surface area (Å²) in [5.74, 6) is -3.01. The Hall–Kier alpha value is -1.67. The number of hydrogen-bond donors (Lipinski definition) is 2. The molecule has 0 aromatic carbocycles. The molecule has 5 nitrogen and oxygen atoms in total. The molecule has 2 rings (SSSR count). The van der Waals surface area contributed by atoms with Crippen LogP contribution in [-0.2, 0) is 11.3 Å². The average Bonchev–Trinajstić information content (AvgIpc) is 2.68. The lowest BCUT2D eigenvalue weighted by Gasteiger charge is -2.15. The molecule has 1 aliphatic heterocycles. The van der Waals surface area contributed by atoms with E-state index in [4.69, 9.17) is 9.90 Å². The molecule has 1 aromatic rings. The molecule has 1 aliphatic rings. The molecule has 21 heavy (non-hydrogen) atoms. The van der Waals surface area contributed by atoms with E-state index < -0.39 is 12.1 Å². The first-order valence-electron chi connectivity index (χ1n) is 6.62. The fourth-order valence-corrected chi connectivity index (χ4v) is 1.91. The van der Waals surface area contributed by atoms with Gasteiger partial charge in [0.2, 0.25) is 0 Å². The monoisotopic (exact) mass is 305 g/mol. The van der Waals surface area contributed by atoms with Crippen molar-refractivity contribution in [2.75, 3.05) is 26.2 Å². The molecular formula is C13H18F3N3O2. The number of carboxylic acid groups (broad SMARTS) is 1. The number of quaternary nitrogens is 1. The Balaban J connectivity index is 0.000000270. The van der Waals surface area contributed by atoms with Gasteiger partial charge in [-0.15, -0.1) is 0 Å². The number of alkyl halides is 3. The number of carbonyl (C=O) groups excluding carboxylic acids is 1. The highest BCUT2D eigenvalue weighted by Crippen LogP contribution is 2.11. The van der Waals surface area contributed by atoms with Crippen LogP contribution in [0, 0.1) is 0 Å². The minimum absolute atomic E-state index is 1.07. The van der Waals surface area contributed by atoms with Crippen molar-refractivity contribution < 1.29 is 28.0 Å².